The number of rotatable bonds is 2. The van der Waals surface area contributed by atoms with E-state index in [2.05, 4.69) is 25.7 Å². The van der Waals surface area contributed by atoms with Crippen molar-refractivity contribution in [3.8, 4) is 11.8 Å². The van der Waals surface area contributed by atoms with E-state index in [1.165, 1.54) is 24.8 Å². The molecule has 0 spiro atoms. The molecular formula is C23H28O2. The van der Waals surface area contributed by atoms with Gasteiger partial charge in [-0.3, -0.25) is 4.79 Å². The minimum atomic E-state index is 0.0355. The van der Waals surface area contributed by atoms with Crippen LogP contribution >= 0.6 is 0 Å². The normalized spacial score (nSPS) is 22.0. The molecular weight excluding hydrogens is 308 g/mol. The molecule has 0 radical (unpaired) electrons. The summed E-state index contributed by atoms with van der Waals surface area (Å²) >= 11 is 0. The summed E-state index contributed by atoms with van der Waals surface area (Å²) in [6, 6.07) is 5.70. The molecule has 0 heterocycles. The molecule has 2 heteroatoms. The van der Waals surface area contributed by atoms with Gasteiger partial charge in [-0.25, -0.2) is 0 Å². The summed E-state index contributed by atoms with van der Waals surface area (Å²) in [4.78, 5) is 12.6. The molecule has 2 aliphatic carbocycles. The summed E-state index contributed by atoms with van der Waals surface area (Å²) in [6.07, 6.45) is 6.66. The van der Waals surface area contributed by atoms with Crippen molar-refractivity contribution in [1.82, 2.24) is 0 Å². The minimum absolute atomic E-state index is 0.0355. The van der Waals surface area contributed by atoms with Crippen molar-refractivity contribution in [3.05, 3.63) is 46.0 Å². The van der Waals surface area contributed by atoms with Crippen LogP contribution < -0.4 is 0 Å². The van der Waals surface area contributed by atoms with Crippen LogP contribution in [0.3, 0.4) is 0 Å². The number of hydrogen-bond donors (Lipinski definition) is 1. The van der Waals surface area contributed by atoms with Crippen LogP contribution in [0.2, 0.25) is 0 Å². The molecule has 0 aromatic heterocycles. The second kappa shape index (κ2) is 7.18. The van der Waals surface area contributed by atoms with E-state index in [-0.39, 0.29) is 23.7 Å². The lowest BCUT2D eigenvalue weighted by Gasteiger charge is -2.39. The molecule has 0 bridgehead atoms. The molecule has 1 atom stereocenters. The number of ketones is 1. The monoisotopic (exact) mass is 336 g/mol. The second-order valence-electron chi connectivity index (χ2n) is 8.17. The number of hydrogen-bond acceptors (Lipinski definition) is 2. The molecule has 3 rings (SSSR count). The van der Waals surface area contributed by atoms with Crippen molar-refractivity contribution < 1.29 is 9.90 Å². The van der Waals surface area contributed by atoms with Crippen LogP contribution in [0, 0.1) is 30.1 Å². The molecule has 1 aromatic rings. The van der Waals surface area contributed by atoms with Gasteiger partial charge in [0.05, 0.1) is 6.61 Å². The van der Waals surface area contributed by atoms with Gasteiger partial charge in [-0.1, -0.05) is 37.0 Å². The van der Waals surface area contributed by atoms with Gasteiger partial charge in [-0.15, -0.1) is 0 Å². The number of carbonyl (C=O) groups excluding carboxylic acids is 1. The van der Waals surface area contributed by atoms with E-state index < -0.39 is 0 Å². The molecule has 0 saturated carbocycles. The maximum absolute atomic E-state index is 12.6. The van der Waals surface area contributed by atoms with E-state index in [1.807, 2.05) is 25.1 Å². The number of benzene rings is 1. The quantitative estimate of drug-likeness (QED) is 0.627. The third-order valence-electron chi connectivity index (χ3n) is 5.98. The van der Waals surface area contributed by atoms with Crippen molar-refractivity contribution in [2.24, 2.45) is 11.3 Å². The topological polar surface area (TPSA) is 37.3 Å². The summed E-state index contributed by atoms with van der Waals surface area (Å²) in [6.45, 7) is 6.64. The minimum Gasteiger partial charge on any atom is -0.392 e. The number of aliphatic hydroxyl groups is 1. The van der Waals surface area contributed by atoms with E-state index in [4.69, 9.17) is 0 Å². The lowest BCUT2D eigenvalue weighted by Crippen LogP contribution is -2.28. The van der Waals surface area contributed by atoms with Crippen molar-refractivity contribution in [2.45, 2.75) is 65.9 Å². The molecule has 2 aliphatic rings. The summed E-state index contributed by atoms with van der Waals surface area (Å²) in [5.74, 6) is 6.05. The Labute approximate surface area is 151 Å². The second-order valence-corrected chi connectivity index (χ2v) is 8.17. The van der Waals surface area contributed by atoms with Gasteiger partial charge in [0.1, 0.15) is 0 Å². The van der Waals surface area contributed by atoms with Crippen molar-refractivity contribution >= 4 is 5.78 Å². The molecule has 1 aromatic carbocycles. The zero-order chi connectivity index (χ0) is 18.0. The van der Waals surface area contributed by atoms with Crippen molar-refractivity contribution in [1.29, 1.82) is 0 Å². The zero-order valence-electron chi connectivity index (χ0n) is 15.6. The Kier molecular flexibility index (Phi) is 5.16. The van der Waals surface area contributed by atoms with E-state index >= 15 is 0 Å². The highest BCUT2D eigenvalue weighted by Crippen LogP contribution is 2.47. The Hall–Kier alpha value is -1.85. The van der Waals surface area contributed by atoms with Crippen LogP contribution in [0.5, 0.6) is 0 Å². The first-order valence-corrected chi connectivity index (χ1v) is 9.38. The maximum Gasteiger partial charge on any atom is 0.209 e. The van der Waals surface area contributed by atoms with Crippen LogP contribution in [-0.4, -0.2) is 10.9 Å². The summed E-state index contributed by atoms with van der Waals surface area (Å²) < 4.78 is 0. The van der Waals surface area contributed by atoms with Gasteiger partial charge in [0, 0.05) is 11.5 Å². The predicted octanol–water partition coefficient (Wildman–Crippen LogP) is 4.71. The molecule has 25 heavy (non-hydrogen) atoms. The average molecular weight is 336 g/mol. The largest absolute Gasteiger partial charge is 0.392 e. The molecule has 0 saturated heterocycles. The van der Waals surface area contributed by atoms with Crippen molar-refractivity contribution in [3.63, 3.8) is 0 Å². The number of aliphatic hydroxyl groups excluding tert-OH is 1. The summed E-state index contributed by atoms with van der Waals surface area (Å²) in [5, 5.41) is 9.24. The molecule has 2 nitrogen and oxygen atoms in total. The lowest BCUT2D eigenvalue weighted by molar-refractivity contribution is -0.117. The third kappa shape index (κ3) is 3.88. The number of carbonyl (C=O) groups is 1. The fourth-order valence-corrected chi connectivity index (χ4v) is 4.33. The highest BCUT2D eigenvalue weighted by molar-refractivity contribution is 5.98. The average Bonchev–Trinajstić information content (AvgIpc) is 2.59. The Balaban J connectivity index is 1.73. The molecule has 1 N–H and O–H groups in total. The van der Waals surface area contributed by atoms with Crippen molar-refractivity contribution in [2.75, 3.05) is 0 Å². The van der Waals surface area contributed by atoms with E-state index in [0.717, 1.165) is 36.0 Å². The van der Waals surface area contributed by atoms with Gasteiger partial charge in [0.15, 0.2) is 0 Å². The number of allylic oxidation sites excluding steroid dienone is 2. The smallest absolute Gasteiger partial charge is 0.209 e. The first kappa shape index (κ1) is 18.0. The van der Waals surface area contributed by atoms with E-state index in [0.29, 0.717) is 0 Å². The van der Waals surface area contributed by atoms with Crippen LogP contribution in [-0.2, 0) is 11.4 Å². The first-order chi connectivity index (χ1) is 11.9. The standard InChI is InChI=1S/C23H28O2/c1-16-13-17(6-8-20(16)15-24)7-11-22(25)19-10-9-18-5-4-12-23(2,3)21(18)14-19/h6,8,13,19,24H,4-5,9-10,12,14-15H2,1-3H3. The van der Waals surface area contributed by atoms with Gasteiger partial charge in [-0.05, 0) is 80.0 Å². The van der Waals surface area contributed by atoms with Gasteiger partial charge in [0.2, 0.25) is 5.78 Å². The zero-order valence-corrected chi connectivity index (χ0v) is 15.6. The van der Waals surface area contributed by atoms with Crippen LogP contribution in [0.15, 0.2) is 29.3 Å². The fourth-order valence-electron chi connectivity index (χ4n) is 4.33. The first-order valence-electron chi connectivity index (χ1n) is 9.38. The SMILES string of the molecule is Cc1cc(C#CC(=O)C2CCC3=C(C2)C(C)(C)CCC3)ccc1CO. The fraction of sp³-hybridized carbons (Fsp3) is 0.522. The number of aryl methyl sites for hydroxylation is 1. The predicted molar refractivity (Wildman–Crippen MR) is 101 cm³/mol. The molecule has 0 fully saturated rings. The lowest BCUT2D eigenvalue weighted by atomic mass is 9.65. The molecule has 1 unspecified atom stereocenters. The highest BCUT2D eigenvalue weighted by atomic mass is 16.3. The Morgan fingerprint density at radius 3 is 2.84 bits per heavy atom. The number of Topliss-reactive ketones (excluding diaryl/α,β-unsaturated/α-hetero) is 1. The maximum atomic E-state index is 12.6. The Morgan fingerprint density at radius 1 is 1.32 bits per heavy atom. The highest BCUT2D eigenvalue weighted by Gasteiger charge is 2.35. The van der Waals surface area contributed by atoms with Gasteiger partial charge in [-0.2, -0.15) is 0 Å². The van der Waals surface area contributed by atoms with E-state index in [1.54, 1.807) is 5.57 Å². The molecule has 132 valence electrons. The van der Waals surface area contributed by atoms with Crippen LogP contribution in [0.4, 0.5) is 0 Å². The van der Waals surface area contributed by atoms with Crippen LogP contribution in [0.25, 0.3) is 0 Å². The van der Waals surface area contributed by atoms with E-state index in [9.17, 15) is 9.90 Å². The Bertz CT molecular complexity index is 771. The van der Waals surface area contributed by atoms with Gasteiger partial charge in [0.25, 0.3) is 0 Å². The molecule has 0 amide bonds. The van der Waals surface area contributed by atoms with Gasteiger partial charge >= 0.3 is 0 Å². The van der Waals surface area contributed by atoms with Crippen LogP contribution in [0.1, 0.15) is 69.1 Å². The Morgan fingerprint density at radius 2 is 2.12 bits per heavy atom. The summed E-state index contributed by atoms with van der Waals surface area (Å²) in [7, 11) is 0. The third-order valence-corrected chi connectivity index (χ3v) is 5.98. The summed E-state index contributed by atoms with van der Waals surface area (Å²) in [5.41, 5.74) is 6.16. The molecule has 0 aliphatic heterocycles. The van der Waals surface area contributed by atoms with Gasteiger partial charge < -0.3 is 5.11 Å².